The molecule has 4 N–H and O–H groups in total. The number of hydrogen-bond acceptors (Lipinski definition) is 7. The van der Waals surface area contributed by atoms with Gasteiger partial charge in [-0.2, -0.15) is 5.10 Å². The van der Waals surface area contributed by atoms with E-state index in [0.717, 1.165) is 37.1 Å². The molecule has 2 aromatic heterocycles. The molecule has 1 aromatic carbocycles. The summed E-state index contributed by atoms with van der Waals surface area (Å²) in [6.07, 6.45) is 7.57. The Morgan fingerprint density at radius 1 is 1.17 bits per heavy atom. The second kappa shape index (κ2) is 10.2. The molecule has 1 atom stereocenters. The fourth-order valence-electron chi connectivity index (χ4n) is 4.09. The molecule has 3 heterocycles. The van der Waals surface area contributed by atoms with E-state index in [1.54, 1.807) is 50.5 Å². The van der Waals surface area contributed by atoms with Crippen LogP contribution in [0.5, 0.6) is 5.75 Å². The zero-order valence-electron chi connectivity index (χ0n) is 21.0. The van der Waals surface area contributed by atoms with Gasteiger partial charge >= 0.3 is 0 Å². The van der Waals surface area contributed by atoms with Crippen molar-refractivity contribution in [1.82, 2.24) is 19.7 Å². The highest BCUT2D eigenvalue weighted by atomic mass is 35.5. The molecule has 1 unspecified atom stereocenters. The number of anilines is 1. The van der Waals surface area contributed by atoms with E-state index in [4.69, 9.17) is 22.1 Å². The third-order valence-electron chi connectivity index (χ3n) is 6.17. The third-order valence-corrected chi connectivity index (χ3v) is 6.50. The maximum absolute atomic E-state index is 11.2. The van der Waals surface area contributed by atoms with Crippen molar-refractivity contribution in [3.63, 3.8) is 0 Å². The van der Waals surface area contributed by atoms with E-state index in [1.165, 1.54) is 7.85 Å². The Bertz CT molecular complexity index is 1300. The van der Waals surface area contributed by atoms with E-state index in [1.807, 2.05) is 10.9 Å². The van der Waals surface area contributed by atoms with Crippen LogP contribution in [-0.2, 0) is 5.69 Å². The predicted octanol–water partition coefficient (Wildman–Crippen LogP) is 2.38. The second-order valence-corrected chi connectivity index (χ2v) is 10.3. The smallest absolute Gasteiger partial charge is 0.201 e. The number of nitrogens with two attached hydrogens (primary N) is 1. The summed E-state index contributed by atoms with van der Waals surface area (Å²) in [6.45, 7) is 5.28. The topological polar surface area (TPSA) is 110 Å². The number of pyridine rings is 1. The van der Waals surface area contributed by atoms with Crippen LogP contribution in [0.25, 0.3) is 11.1 Å². The number of aromatic nitrogens is 3. The molecule has 1 saturated heterocycles. The number of aliphatic hydroxyl groups is 2. The van der Waals surface area contributed by atoms with E-state index >= 15 is 0 Å². The van der Waals surface area contributed by atoms with Crippen LogP contribution in [0.2, 0.25) is 5.02 Å². The maximum Gasteiger partial charge on any atom is 0.201 e. The van der Waals surface area contributed by atoms with Crippen LogP contribution >= 0.6 is 11.6 Å². The minimum Gasteiger partial charge on any atom is -0.463 e. The van der Waals surface area contributed by atoms with Gasteiger partial charge in [0.25, 0.3) is 0 Å². The second-order valence-electron chi connectivity index (χ2n) is 9.94. The highest BCUT2D eigenvalue weighted by molar-refractivity contribution is 6.32. The first-order valence-corrected chi connectivity index (χ1v) is 12.2. The molecule has 1 aliphatic rings. The first-order chi connectivity index (χ1) is 16.9. The Morgan fingerprint density at radius 2 is 1.89 bits per heavy atom. The van der Waals surface area contributed by atoms with Crippen molar-refractivity contribution in [2.45, 2.75) is 44.0 Å². The molecule has 1 aliphatic heterocycles. The lowest BCUT2D eigenvalue weighted by atomic mass is 9.86. The molecule has 0 saturated carbocycles. The van der Waals surface area contributed by atoms with Gasteiger partial charge in [0.1, 0.15) is 5.60 Å². The van der Waals surface area contributed by atoms with Gasteiger partial charge in [-0.3, -0.25) is 4.68 Å². The summed E-state index contributed by atoms with van der Waals surface area (Å²) in [4.78, 5) is 6.60. The summed E-state index contributed by atoms with van der Waals surface area (Å²) in [5.41, 5.74) is 5.65. The Kier molecular flexibility index (Phi) is 7.35. The summed E-state index contributed by atoms with van der Waals surface area (Å²) in [7, 11) is 3.61. The average molecular weight is 508 g/mol. The van der Waals surface area contributed by atoms with Crippen LogP contribution in [-0.4, -0.2) is 63.5 Å². The molecule has 0 spiro atoms. The summed E-state index contributed by atoms with van der Waals surface area (Å²) in [5.74, 6) is 5.99. The minimum absolute atomic E-state index is 0.135. The number of ether oxygens (including phenoxy) is 1. The lowest BCUT2D eigenvalue weighted by Crippen LogP contribution is -2.34. The summed E-state index contributed by atoms with van der Waals surface area (Å²) in [6, 6.07) is 7.05. The van der Waals surface area contributed by atoms with Gasteiger partial charge in [-0.25, -0.2) is 4.98 Å². The minimum atomic E-state index is -1.82. The van der Waals surface area contributed by atoms with Crippen LogP contribution in [0.3, 0.4) is 0 Å². The molecule has 3 aromatic rings. The largest absolute Gasteiger partial charge is 0.463 e. The van der Waals surface area contributed by atoms with E-state index in [2.05, 4.69) is 33.9 Å². The SMILES string of the molecule is BC(O)(Oc1cc(-c2cnn(C3CCN(C)CC3)c2)cnc1N)c1cc(C#CC(C)(C)O)ccc1Cl. The Balaban J connectivity index is 1.58. The van der Waals surface area contributed by atoms with E-state index in [-0.39, 0.29) is 11.6 Å². The van der Waals surface area contributed by atoms with Crippen molar-refractivity contribution in [2.75, 3.05) is 25.9 Å². The summed E-state index contributed by atoms with van der Waals surface area (Å²) in [5, 5.41) is 26.0. The Morgan fingerprint density at radius 3 is 2.58 bits per heavy atom. The van der Waals surface area contributed by atoms with Crippen molar-refractivity contribution >= 4 is 25.3 Å². The molecule has 0 aliphatic carbocycles. The molecule has 8 nitrogen and oxygen atoms in total. The number of halogens is 1. The van der Waals surface area contributed by atoms with Crippen molar-refractivity contribution in [1.29, 1.82) is 0 Å². The van der Waals surface area contributed by atoms with Crippen molar-refractivity contribution in [3.05, 3.63) is 59.0 Å². The van der Waals surface area contributed by atoms with Crippen molar-refractivity contribution in [3.8, 4) is 28.7 Å². The molecule has 36 heavy (non-hydrogen) atoms. The molecule has 0 radical (unpaired) electrons. The molecule has 1 fully saturated rings. The van der Waals surface area contributed by atoms with Gasteiger partial charge in [0, 0.05) is 39.7 Å². The van der Waals surface area contributed by atoms with E-state index < -0.39 is 11.3 Å². The van der Waals surface area contributed by atoms with Gasteiger partial charge in [-0.05, 0) is 71.1 Å². The number of nitrogens with zero attached hydrogens (tertiary/aromatic N) is 4. The fourth-order valence-corrected chi connectivity index (χ4v) is 4.39. The Labute approximate surface area is 217 Å². The van der Waals surface area contributed by atoms with Gasteiger partial charge in [0.2, 0.25) is 7.85 Å². The van der Waals surface area contributed by atoms with Crippen LogP contribution < -0.4 is 10.5 Å². The lowest BCUT2D eigenvalue weighted by Gasteiger charge is -2.29. The number of likely N-dealkylation sites (tertiary alicyclic amines) is 1. The lowest BCUT2D eigenvalue weighted by molar-refractivity contribution is -0.0670. The monoisotopic (exact) mass is 507 g/mol. The molecule has 10 heteroatoms. The predicted molar refractivity (Wildman–Crippen MR) is 143 cm³/mol. The summed E-state index contributed by atoms with van der Waals surface area (Å²) >= 11 is 6.39. The normalized spacial score (nSPS) is 16.7. The molecule has 188 valence electrons. The number of benzene rings is 1. The third kappa shape index (κ3) is 6.20. The van der Waals surface area contributed by atoms with Crippen LogP contribution in [0.4, 0.5) is 5.82 Å². The van der Waals surface area contributed by atoms with Crippen molar-refractivity contribution < 1.29 is 14.9 Å². The average Bonchev–Trinajstić information content (AvgIpc) is 3.30. The highest BCUT2D eigenvalue weighted by Gasteiger charge is 2.29. The van der Waals surface area contributed by atoms with E-state index in [0.29, 0.717) is 22.2 Å². The Hall–Kier alpha value is -3.03. The van der Waals surface area contributed by atoms with Gasteiger partial charge in [0.05, 0.1) is 12.2 Å². The van der Waals surface area contributed by atoms with Crippen molar-refractivity contribution in [2.24, 2.45) is 0 Å². The van der Waals surface area contributed by atoms with Crippen LogP contribution in [0, 0.1) is 11.8 Å². The zero-order valence-corrected chi connectivity index (χ0v) is 21.8. The number of nitrogen functional groups attached to an aromatic ring is 1. The number of hydrogen-bond donors (Lipinski definition) is 3. The molecule has 4 rings (SSSR count). The van der Waals surface area contributed by atoms with Gasteiger partial charge in [-0.15, -0.1) is 0 Å². The highest BCUT2D eigenvalue weighted by Crippen LogP contribution is 2.34. The molecular formula is C26H31BClN5O3. The molecular weight excluding hydrogens is 477 g/mol. The van der Waals surface area contributed by atoms with Crippen LogP contribution in [0.15, 0.2) is 42.9 Å². The quantitative estimate of drug-likeness (QED) is 0.276. The van der Waals surface area contributed by atoms with Gasteiger partial charge in [0.15, 0.2) is 17.3 Å². The first-order valence-electron chi connectivity index (χ1n) is 11.9. The standard InChI is InChI=1S/C26H31BClN5O3/c1-25(2,34)9-6-17-4-5-22(28)21(12-17)26(27,35)36-23-13-18(14-30-24(23)29)19-15-31-33(16-19)20-7-10-32(3)11-8-20/h4-5,12-16,20,34-35H,7-8,10-11,27H2,1-3H3,(H2,29,30). The summed E-state index contributed by atoms with van der Waals surface area (Å²) < 4.78 is 7.96. The zero-order chi connectivity index (χ0) is 26.1. The molecule has 0 bridgehead atoms. The van der Waals surface area contributed by atoms with E-state index in [9.17, 15) is 10.2 Å². The number of piperidine rings is 1. The maximum atomic E-state index is 11.2. The molecule has 0 amide bonds. The van der Waals surface area contributed by atoms with Gasteiger partial charge in [-0.1, -0.05) is 23.4 Å². The number of rotatable bonds is 5. The van der Waals surface area contributed by atoms with Gasteiger partial charge < -0.3 is 25.6 Å². The van der Waals surface area contributed by atoms with Crippen LogP contribution in [0.1, 0.15) is 43.9 Å². The fraction of sp³-hybridized carbons (Fsp3) is 0.385. The first kappa shape index (κ1) is 26.0.